The molecule has 7 nitrogen and oxygen atoms in total. The van der Waals surface area contributed by atoms with Crippen LogP contribution in [0.25, 0.3) is 11.3 Å². The summed E-state index contributed by atoms with van der Waals surface area (Å²) in [6.45, 7) is 0. The third-order valence-corrected chi connectivity index (χ3v) is 2.71. The number of primary amides is 2. The second-order valence-electron chi connectivity index (χ2n) is 3.96. The van der Waals surface area contributed by atoms with E-state index in [2.05, 4.69) is 10.3 Å². The van der Waals surface area contributed by atoms with E-state index in [4.69, 9.17) is 16.7 Å². The van der Waals surface area contributed by atoms with E-state index in [1.54, 1.807) is 18.3 Å². The van der Waals surface area contributed by atoms with Crippen LogP contribution in [0.5, 0.6) is 0 Å². The summed E-state index contributed by atoms with van der Waals surface area (Å²) < 4.78 is 0. The lowest BCUT2D eigenvalue weighted by Gasteiger charge is -2.11. The van der Waals surface area contributed by atoms with Crippen LogP contribution < -0.4 is 16.8 Å². The first-order chi connectivity index (χ1) is 9.54. The van der Waals surface area contributed by atoms with Crippen LogP contribution in [-0.2, 0) is 0 Å². The molecule has 0 spiro atoms. The van der Waals surface area contributed by atoms with E-state index in [-0.39, 0.29) is 16.8 Å². The largest absolute Gasteiger partial charge is 0.366 e. The monoisotopic (exact) mass is 269 g/mol. The topological polar surface area (TPSA) is 138 Å². The highest BCUT2D eigenvalue weighted by Gasteiger charge is 2.17. The van der Waals surface area contributed by atoms with Crippen LogP contribution in [0.1, 0.15) is 15.9 Å². The van der Waals surface area contributed by atoms with E-state index >= 15 is 0 Å². The van der Waals surface area contributed by atoms with Crippen molar-refractivity contribution in [3.8, 4) is 17.3 Å². The maximum atomic E-state index is 11.4. The summed E-state index contributed by atoms with van der Waals surface area (Å²) in [7, 11) is 0. The zero-order chi connectivity index (χ0) is 14.7. The molecule has 2 rings (SSSR count). The molecule has 0 saturated carbocycles. The number of aromatic nitrogens is 1. The third-order valence-electron chi connectivity index (χ3n) is 2.71. The Hall–Kier alpha value is -3.27. The second-order valence-corrected chi connectivity index (χ2v) is 3.96. The van der Waals surface area contributed by atoms with Crippen molar-refractivity contribution in [2.45, 2.75) is 0 Å². The summed E-state index contributed by atoms with van der Waals surface area (Å²) in [6.07, 6.45) is 1.54. The molecule has 0 aliphatic carbocycles. The van der Waals surface area contributed by atoms with E-state index in [1.165, 1.54) is 12.1 Å². The average molecular weight is 269 g/mol. The van der Waals surface area contributed by atoms with Crippen molar-refractivity contribution < 1.29 is 9.59 Å². The van der Waals surface area contributed by atoms with Gasteiger partial charge in [0.1, 0.15) is 6.07 Å². The molecule has 0 unspecified atom stereocenters. The molecule has 7 heteroatoms. The summed E-state index contributed by atoms with van der Waals surface area (Å²) in [4.78, 5) is 25.3. The molecule has 0 fully saturated rings. The van der Waals surface area contributed by atoms with E-state index in [0.29, 0.717) is 11.3 Å². The Labute approximate surface area is 114 Å². The number of carbonyl (C=O) groups is 2. The molecular formula is C13H11N5O2. The van der Waals surface area contributed by atoms with E-state index in [9.17, 15) is 9.59 Å². The first-order valence-corrected chi connectivity index (χ1v) is 5.61. The molecular weight excluding hydrogens is 258 g/mol. The standard InChI is InChI=1S/C13H11N5O2/c14-6-7-2-1-3-8(10(7)18-13(16)20)11-9(12(15)19)4-5-17-11/h1-5,17H,(H2,15,19)(H3,16,18,20). The number of H-pyrrole nitrogens is 1. The fourth-order valence-electron chi connectivity index (χ4n) is 1.91. The van der Waals surface area contributed by atoms with Crippen molar-refractivity contribution in [3.63, 3.8) is 0 Å². The lowest BCUT2D eigenvalue weighted by atomic mass is 10.0. The zero-order valence-electron chi connectivity index (χ0n) is 10.3. The van der Waals surface area contributed by atoms with Crippen LogP contribution in [0, 0.1) is 11.3 Å². The Balaban J connectivity index is 2.68. The highest BCUT2D eigenvalue weighted by molar-refractivity contribution is 6.03. The number of amides is 3. The summed E-state index contributed by atoms with van der Waals surface area (Å²) in [6, 6.07) is 7.47. The molecule has 0 aliphatic heterocycles. The number of urea groups is 1. The van der Waals surface area contributed by atoms with Gasteiger partial charge in [-0.1, -0.05) is 12.1 Å². The molecule has 1 aromatic heterocycles. The van der Waals surface area contributed by atoms with E-state index in [1.807, 2.05) is 6.07 Å². The molecule has 1 aromatic carbocycles. The third kappa shape index (κ3) is 2.30. The predicted octanol–water partition coefficient (Wildman–Crippen LogP) is 1.14. The Morgan fingerprint density at radius 1 is 1.25 bits per heavy atom. The van der Waals surface area contributed by atoms with Crippen LogP contribution >= 0.6 is 0 Å². The molecule has 1 heterocycles. The number of anilines is 1. The van der Waals surface area contributed by atoms with Crippen LogP contribution in [0.15, 0.2) is 30.5 Å². The Kier molecular flexibility index (Phi) is 3.39. The number of benzene rings is 1. The number of nitrogens with zero attached hydrogens (tertiary/aromatic N) is 1. The normalized spacial score (nSPS) is 9.75. The van der Waals surface area contributed by atoms with Gasteiger partial charge in [0.2, 0.25) is 0 Å². The van der Waals surface area contributed by atoms with E-state index in [0.717, 1.165) is 0 Å². The lowest BCUT2D eigenvalue weighted by molar-refractivity contribution is 0.100. The predicted molar refractivity (Wildman–Crippen MR) is 72.7 cm³/mol. The highest BCUT2D eigenvalue weighted by atomic mass is 16.2. The maximum absolute atomic E-state index is 11.4. The Morgan fingerprint density at radius 2 is 2.00 bits per heavy atom. The number of aromatic amines is 1. The first kappa shape index (κ1) is 13.2. The van der Waals surface area contributed by atoms with Gasteiger partial charge in [0.05, 0.1) is 22.5 Å². The highest BCUT2D eigenvalue weighted by Crippen LogP contribution is 2.31. The van der Waals surface area contributed by atoms with Crippen molar-refractivity contribution in [1.82, 2.24) is 4.98 Å². The van der Waals surface area contributed by atoms with Crippen molar-refractivity contribution in [2.24, 2.45) is 11.5 Å². The molecule has 3 amide bonds. The average Bonchev–Trinajstić information content (AvgIpc) is 2.87. The quantitative estimate of drug-likeness (QED) is 0.664. The molecule has 0 radical (unpaired) electrons. The van der Waals surface area contributed by atoms with Crippen molar-refractivity contribution in [2.75, 3.05) is 5.32 Å². The van der Waals surface area contributed by atoms with Gasteiger partial charge >= 0.3 is 6.03 Å². The summed E-state index contributed by atoms with van der Waals surface area (Å²) in [5.74, 6) is -0.617. The molecule has 6 N–H and O–H groups in total. The summed E-state index contributed by atoms with van der Waals surface area (Å²) >= 11 is 0. The number of hydrogen-bond donors (Lipinski definition) is 4. The molecule has 0 atom stereocenters. The Bertz CT molecular complexity index is 727. The smallest absolute Gasteiger partial charge is 0.316 e. The summed E-state index contributed by atoms with van der Waals surface area (Å²) in [5, 5.41) is 11.5. The van der Waals surface area contributed by atoms with Crippen molar-refractivity contribution >= 4 is 17.6 Å². The van der Waals surface area contributed by atoms with Gasteiger partial charge in [0, 0.05) is 11.8 Å². The van der Waals surface area contributed by atoms with Gasteiger partial charge in [-0.05, 0) is 12.1 Å². The number of hydrogen-bond acceptors (Lipinski definition) is 3. The fourth-order valence-corrected chi connectivity index (χ4v) is 1.91. The number of para-hydroxylation sites is 1. The Morgan fingerprint density at radius 3 is 2.60 bits per heavy atom. The van der Waals surface area contributed by atoms with Crippen LogP contribution in [-0.4, -0.2) is 16.9 Å². The number of rotatable bonds is 3. The van der Waals surface area contributed by atoms with Gasteiger partial charge in [0.25, 0.3) is 5.91 Å². The first-order valence-electron chi connectivity index (χ1n) is 5.61. The SMILES string of the molecule is N#Cc1cccc(-c2[nH]ccc2C(N)=O)c1NC(N)=O. The van der Waals surface area contributed by atoms with Gasteiger partial charge in [0.15, 0.2) is 0 Å². The summed E-state index contributed by atoms with van der Waals surface area (Å²) in [5.41, 5.74) is 12.0. The molecule has 100 valence electrons. The minimum atomic E-state index is -0.805. The molecule has 20 heavy (non-hydrogen) atoms. The van der Waals surface area contributed by atoms with Gasteiger partial charge in [-0.2, -0.15) is 5.26 Å². The van der Waals surface area contributed by atoms with Gasteiger partial charge in [-0.25, -0.2) is 4.79 Å². The fraction of sp³-hybridized carbons (Fsp3) is 0. The van der Waals surface area contributed by atoms with Crippen molar-refractivity contribution in [1.29, 1.82) is 5.26 Å². The number of nitriles is 1. The van der Waals surface area contributed by atoms with E-state index < -0.39 is 11.9 Å². The van der Waals surface area contributed by atoms with Gasteiger partial charge < -0.3 is 21.8 Å². The zero-order valence-corrected chi connectivity index (χ0v) is 10.3. The minimum Gasteiger partial charge on any atom is -0.366 e. The molecule has 0 saturated heterocycles. The van der Waals surface area contributed by atoms with Crippen LogP contribution in [0.3, 0.4) is 0 Å². The molecule has 0 aliphatic rings. The van der Waals surface area contributed by atoms with Crippen molar-refractivity contribution in [3.05, 3.63) is 41.6 Å². The van der Waals surface area contributed by atoms with Crippen LogP contribution in [0.4, 0.5) is 10.5 Å². The van der Waals surface area contributed by atoms with Gasteiger partial charge in [-0.15, -0.1) is 0 Å². The lowest BCUT2D eigenvalue weighted by Crippen LogP contribution is -2.20. The maximum Gasteiger partial charge on any atom is 0.316 e. The molecule has 0 bridgehead atoms. The number of nitrogens with two attached hydrogens (primary N) is 2. The van der Waals surface area contributed by atoms with Crippen LogP contribution in [0.2, 0.25) is 0 Å². The second kappa shape index (κ2) is 5.16. The minimum absolute atomic E-state index is 0.228. The van der Waals surface area contributed by atoms with Gasteiger partial charge in [-0.3, -0.25) is 4.79 Å². The molecule has 2 aromatic rings. The number of nitrogens with one attached hydrogen (secondary N) is 2. The number of carbonyl (C=O) groups excluding carboxylic acids is 2.